The van der Waals surface area contributed by atoms with Crippen LogP contribution in [0.4, 0.5) is 0 Å². The van der Waals surface area contributed by atoms with E-state index >= 15 is 0 Å². The number of rotatable bonds is 12. The van der Waals surface area contributed by atoms with E-state index in [9.17, 15) is 14.7 Å². The Bertz CT molecular complexity index is 1060. The average molecular weight is 539 g/mol. The summed E-state index contributed by atoms with van der Waals surface area (Å²) in [5.41, 5.74) is 3.96. The summed E-state index contributed by atoms with van der Waals surface area (Å²) >= 11 is 0. The molecule has 0 aliphatic heterocycles. The molecular formula is C33H46O6. The first-order chi connectivity index (χ1) is 18.9. The Balaban J connectivity index is 0.00000205. The molecule has 39 heavy (non-hydrogen) atoms. The molecule has 4 unspecified atom stereocenters. The van der Waals surface area contributed by atoms with E-state index in [1.54, 1.807) is 0 Å². The van der Waals surface area contributed by atoms with Gasteiger partial charge in [-0.3, -0.25) is 0 Å². The molecule has 2 aromatic rings. The van der Waals surface area contributed by atoms with Gasteiger partial charge in [-0.05, 0) is 98.9 Å². The van der Waals surface area contributed by atoms with Crippen molar-refractivity contribution in [3.8, 4) is 5.75 Å². The molecule has 0 bridgehead atoms. The third-order valence-corrected chi connectivity index (χ3v) is 8.21. The first kappa shape index (κ1) is 30.7. The number of esters is 1. The normalized spacial score (nSPS) is 22.1. The Morgan fingerprint density at radius 1 is 1.03 bits per heavy atom. The van der Waals surface area contributed by atoms with E-state index < -0.39 is 5.97 Å². The number of benzene rings is 2. The Morgan fingerprint density at radius 3 is 2.46 bits per heavy atom. The lowest BCUT2D eigenvalue weighted by atomic mass is 9.73. The van der Waals surface area contributed by atoms with Gasteiger partial charge in [0.2, 0.25) is 0 Å². The van der Waals surface area contributed by atoms with Crippen LogP contribution < -0.4 is 4.74 Å². The highest BCUT2D eigenvalue weighted by Crippen LogP contribution is 2.48. The highest BCUT2D eigenvalue weighted by atomic mass is 16.5. The molecule has 0 heterocycles. The fraction of sp³-hybridized carbons (Fsp3) is 0.576. The number of aliphatic hydroxyl groups is 1. The number of carbonyl (C=O) groups is 2. The molecule has 2 aromatic carbocycles. The topological polar surface area (TPSA) is 93.1 Å². The zero-order valence-corrected chi connectivity index (χ0v) is 24.0. The van der Waals surface area contributed by atoms with Gasteiger partial charge >= 0.3 is 11.9 Å². The minimum Gasteiger partial charge on any atom is -0.482 e. The standard InChI is InChI=1S/C31H40O6.C2H6/c1-3-4-5-8-24(37-31(35)21-12-10-20(2)11-13-21)14-15-25-26-16-22-7-6-9-29(36-19-30(33)34)27(22)17-23(26)18-28(25)32;1-2/h6-7,9-13,23-26,28,32H,3-5,8,14-19H2,1-2H3,(H,33,34);1-2H3/t23?,24?,25?,26?,28-;/m1./s1. The number of ether oxygens (including phenoxy) is 2. The van der Waals surface area contributed by atoms with E-state index in [4.69, 9.17) is 14.6 Å². The summed E-state index contributed by atoms with van der Waals surface area (Å²) in [6, 6.07) is 13.4. The third kappa shape index (κ3) is 8.31. The van der Waals surface area contributed by atoms with Crippen molar-refractivity contribution >= 4 is 11.9 Å². The molecule has 6 heteroatoms. The Morgan fingerprint density at radius 2 is 1.77 bits per heavy atom. The summed E-state index contributed by atoms with van der Waals surface area (Å²) in [4.78, 5) is 23.8. The molecule has 0 aromatic heterocycles. The zero-order chi connectivity index (χ0) is 28.4. The predicted molar refractivity (Wildman–Crippen MR) is 153 cm³/mol. The highest BCUT2D eigenvalue weighted by molar-refractivity contribution is 5.89. The maximum atomic E-state index is 12.8. The largest absolute Gasteiger partial charge is 0.482 e. The van der Waals surface area contributed by atoms with E-state index in [1.807, 2.05) is 57.2 Å². The Kier molecular flexibility index (Phi) is 11.9. The van der Waals surface area contributed by atoms with Gasteiger partial charge in [0, 0.05) is 0 Å². The maximum Gasteiger partial charge on any atom is 0.341 e. The lowest BCUT2D eigenvalue weighted by Gasteiger charge is -2.32. The van der Waals surface area contributed by atoms with Crippen LogP contribution in [0.15, 0.2) is 42.5 Å². The molecule has 1 fully saturated rings. The van der Waals surface area contributed by atoms with Crippen molar-refractivity contribution in [3.63, 3.8) is 0 Å². The summed E-state index contributed by atoms with van der Waals surface area (Å²) in [6.45, 7) is 7.81. The first-order valence-corrected chi connectivity index (χ1v) is 14.8. The number of hydrogen-bond donors (Lipinski definition) is 2. The number of aliphatic carboxylic acids is 1. The van der Waals surface area contributed by atoms with Gasteiger partial charge < -0.3 is 19.7 Å². The molecular weight excluding hydrogens is 492 g/mol. The number of unbranched alkanes of at least 4 members (excludes halogenated alkanes) is 2. The van der Waals surface area contributed by atoms with Crippen LogP contribution >= 0.6 is 0 Å². The molecule has 5 atom stereocenters. The van der Waals surface area contributed by atoms with Crippen molar-refractivity contribution in [1.82, 2.24) is 0 Å². The van der Waals surface area contributed by atoms with Gasteiger partial charge in [-0.25, -0.2) is 9.59 Å². The lowest BCUT2D eigenvalue weighted by molar-refractivity contribution is -0.139. The van der Waals surface area contributed by atoms with Crippen molar-refractivity contribution in [1.29, 1.82) is 0 Å². The molecule has 2 aliphatic carbocycles. The van der Waals surface area contributed by atoms with Crippen LogP contribution in [0.5, 0.6) is 5.75 Å². The number of carbonyl (C=O) groups excluding carboxylic acids is 1. The molecule has 6 nitrogen and oxygen atoms in total. The number of fused-ring (bicyclic) bond motifs is 2. The van der Waals surface area contributed by atoms with Gasteiger partial charge in [-0.2, -0.15) is 0 Å². The lowest BCUT2D eigenvalue weighted by Crippen LogP contribution is -2.29. The smallest absolute Gasteiger partial charge is 0.341 e. The summed E-state index contributed by atoms with van der Waals surface area (Å²) in [5, 5.41) is 20.1. The minimum absolute atomic E-state index is 0.154. The number of hydrogen-bond acceptors (Lipinski definition) is 5. The minimum atomic E-state index is -0.987. The van der Waals surface area contributed by atoms with Crippen LogP contribution in [0, 0.1) is 24.7 Å². The molecule has 214 valence electrons. The second kappa shape index (κ2) is 15.1. The summed E-state index contributed by atoms with van der Waals surface area (Å²) in [7, 11) is 0. The monoisotopic (exact) mass is 538 g/mol. The predicted octanol–water partition coefficient (Wildman–Crippen LogP) is 6.78. The molecule has 0 saturated heterocycles. The number of carboxylic acids is 1. The second-order valence-electron chi connectivity index (χ2n) is 10.8. The first-order valence-electron chi connectivity index (χ1n) is 14.8. The van der Waals surface area contributed by atoms with Crippen molar-refractivity contribution in [2.24, 2.45) is 17.8 Å². The van der Waals surface area contributed by atoms with E-state index in [2.05, 4.69) is 13.0 Å². The molecule has 2 N–H and O–H groups in total. The highest BCUT2D eigenvalue weighted by Gasteiger charge is 2.45. The fourth-order valence-corrected chi connectivity index (χ4v) is 6.25. The van der Waals surface area contributed by atoms with E-state index in [-0.39, 0.29) is 30.7 Å². The van der Waals surface area contributed by atoms with Crippen LogP contribution in [0.25, 0.3) is 0 Å². The van der Waals surface area contributed by atoms with Crippen molar-refractivity contribution < 1.29 is 29.3 Å². The van der Waals surface area contributed by atoms with Crippen LogP contribution in [0.2, 0.25) is 0 Å². The average Bonchev–Trinajstić information content (AvgIpc) is 3.24. The number of aliphatic hydroxyl groups excluding tert-OH is 1. The van der Waals surface area contributed by atoms with Crippen molar-refractivity contribution in [3.05, 3.63) is 64.7 Å². The van der Waals surface area contributed by atoms with Gasteiger partial charge in [-0.1, -0.05) is 63.4 Å². The fourth-order valence-electron chi connectivity index (χ4n) is 6.25. The van der Waals surface area contributed by atoms with E-state index in [0.717, 1.165) is 68.9 Å². The molecule has 0 radical (unpaired) electrons. The number of carboxylic acid groups (broad SMARTS) is 1. The van der Waals surface area contributed by atoms with Crippen molar-refractivity contribution in [2.45, 2.75) is 97.7 Å². The van der Waals surface area contributed by atoms with Gasteiger partial charge in [0.05, 0.1) is 11.7 Å². The van der Waals surface area contributed by atoms with Gasteiger partial charge in [0.15, 0.2) is 6.61 Å². The quantitative estimate of drug-likeness (QED) is 0.228. The summed E-state index contributed by atoms with van der Waals surface area (Å²) in [6.07, 6.45) is 7.53. The second-order valence-corrected chi connectivity index (χ2v) is 10.8. The maximum absolute atomic E-state index is 12.8. The van der Waals surface area contributed by atoms with Crippen LogP contribution in [0.3, 0.4) is 0 Å². The molecule has 4 rings (SSSR count). The van der Waals surface area contributed by atoms with Crippen LogP contribution in [-0.2, 0) is 22.4 Å². The van der Waals surface area contributed by atoms with E-state index in [1.165, 1.54) is 5.56 Å². The van der Waals surface area contributed by atoms with Gasteiger partial charge in [0.25, 0.3) is 0 Å². The van der Waals surface area contributed by atoms with Crippen LogP contribution in [-0.4, -0.2) is 41.0 Å². The van der Waals surface area contributed by atoms with Crippen molar-refractivity contribution in [2.75, 3.05) is 6.61 Å². The van der Waals surface area contributed by atoms with Crippen LogP contribution in [0.1, 0.15) is 92.8 Å². The SMILES string of the molecule is CC.CCCCCC(CCC1C2Cc3cccc(OCC(=O)O)c3CC2C[C@H]1O)OC(=O)c1ccc(C)cc1. The summed E-state index contributed by atoms with van der Waals surface area (Å²) in [5.74, 6) is 0.256. The van der Waals surface area contributed by atoms with Gasteiger partial charge in [0.1, 0.15) is 11.9 Å². The molecule has 0 amide bonds. The molecule has 0 spiro atoms. The molecule has 2 aliphatic rings. The number of aryl methyl sites for hydroxylation is 1. The Hall–Kier alpha value is -2.86. The third-order valence-electron chi connectivity index (χ3n) is 8.21. The van der Waals surface area contributed by atoms with Gasteiger partial charge in [-0.15, -0.1) is 0 Å². The Labute approximate surface area is 233 Å². The van der Waals surface area contributed by atoms with E-state index in [0.29, 0.717) is 23.1 Å². The zero-order valence-electron chi connectivity index (χ0n) is 24.0. The summed E-state index contributed by atoms with van der Waals surface area (Å²) < 4.78 is 11.6. The molecule has 1 saturated carbocycles.